The molecule has 1 unspecified atom stereocenters. The van der Waals surface area contributed by atoms with Gasteiger partial charge in [-0.2, -0.15) is 5.10 Å². The molecule has 1 aliphatic rings. The van der Waals surface area contributed by atoms with Gasteiger partial charge in [0.2, 0.25) is 0 Å². The summed E-state index contributed by atoms with van der Waals surface area (Å²) in [4.78, 5) is 9.44. The highest BCUT2D eigenvalue weighted by Crippen LogP contribution is 2.35. The molecular weight excluding hydrogens is 466 g/mol. The maximum atomic E-state index is 12.8. The van der Waals surface area contributed by atoms with Gasteiger partial charge in [0.15, 0.2) is 15.5 Å². The van der Waals surface area contributed by atoms with Crippen LogP contribution in [-0.2, 0) is 21.6 Å². The summed E-state index contributed by atoms with van der Waals surface area (Å²) in [6, 6.07) is 6.92. The molecule has 3 N–H and O–H groups in total. The normalized spacial score (nSPS) is 16.6. The second kappa shape index (κ2) is 8.65. The lowest BCUT2D eigenvalue weighted by molar-refractivity contribution is -0.0308. The molecule has 0 spiro atoms. The van der Waals surface area contributed by atoms with Gasteiger partial charge in [0.25, 0.3) is 0 Å². The van der Waals surface area contributed by atoms with E-state index >= 15 is 0 Å². The molecule has 1 aromatic carbocycles. The van der Waals surface area contributed by atoms with Gasteiger partial charge in [-0.25, -0.2) is 18.4 Å². The van der Waals surface area contributed by atoms with E-state index < -0.39 is 9.84 Å². The highest BCUT2D eigenvalue weighted by molar-refractivity contribution is 7.90. The number of benzene rings is 1. The summed E-state index contributed by atoms with van der Waals surface area (Å²) < 4.78 is 35.2. The Kier molecular flexibility index (Phi) is 5.76. The van der Waals surface area contributed by atoms with E-state index in [-0.39, 0.29) is 11.1 Å². The molecule has 0 amide bonds. The Morgan fingerprint density at radius 3 is 2.60 bits per heavy atom. The minimum atomic E-state index is -3.56. The van der Waals surface area contributed by atoms with E-state index in [1.807, 2.05) is 37.7 Å². The number of sulfone groups is 1. The SMILES string of the molecule is Cc1cn(C)nc1-c1ccc(Nc2cc(N)nc3c2nc(C)n3C2CCCCO2)c(S(C)(=O)=O)c1. The van der Waals surface area contributed by atoms with Crippen molar-refractivity contribution in [1.29, 1.82) is 0 Å². The predicted molar refractivity (Wildman–Crippen MR) is 135 cm³/mol. The van der Waals surface area contributed by atoms with Gasteiger partial charge in [-0.3, -0.25) is 9.25 Å². The largest absolute Gasteiger partial charge is 0.384 e. The van der Waals surface area contributed by atoms with Crippen LogP contribution in [0.1, 0.15) is 36.9 Å². The van der Waals surface area contributed by atoms with Crippen molar-refractivity contribution in [2.24, 2.45) is 7.05 Å². The third-order valence-electron chi connectivity index (χ3n) is 6.22. The summed E-state index contributed by atoms with van der Waals surface area (Å²) in [5.41, 5.74) is 10.8. The fourth-order valence-electron chi connectivity index (χ4n) is 4.68. The number of rotatable bonds is 5. The lowest BCUT2D eigenvalue weighted by Crippen LogP contribution is -2.19. The van der Waals surface area contributed by atoms with Crippen molar-refractivity contribution in [3.05, 3.63) is 41.9 Å². The second-order valence-electron chi connectivity index (χ2n) is 9.06. The topological polar surface area (TPSA) is 130 Å². The smallest absolute Gasteiger partial charge is 0.177 e. The van der Waals surface area contributed by atoms with E-state index in [0.29, 0.717) is 35.0 Å². The number of nitrogens with zero attached hydrogens (tertiary/aromatic N) is 5. The molecule has 184 valence electrons. The number of pyridine rings is 1. The molecule has 1 saturated heterocycles. The van der Waals surface area contributed by atoms with Gasteiger partial charge in [-0.15, -0.1) is 0 Å². The van der Waals surface area contributed by atoms with Crippen LogP contribution in [0.25, 0.3) is 22.4 Å². The highest BCUT2D eigenvalue weighted by Gasteiger charge is 2.24. The number of fused-ring (bicyclic) bond motifs is 1. The van der Waals surface area contributed by atoms with Crippen LogP contribution in [0.3, 0.4) is 0 Å². The van der Waals surface area contributed by atoms with E-state index in [0.717, 1.165) is 41.9 Å². The van der Waals surface area contributed by atoms with E-state index in [9.17, 15) is 8.42 Å². The molecule has 4 aromatic rings. The Morgan fingerprint density at radius 1 is 1.14 bits per heavy atom. The van der Waals surface area contributed by atoms with Crippen LogP contribution >= 0.6 is 0 Å². The molecule has 1 fully saturated rings. The van der Waals surface area contributed by atoms with Gasteiger partial charge >= 0.3 is 0 Å². The first-order chi connectivity index (χ1) is 16.6. The summed E-state index contributed by atoms with van der Waals surface area (Å²) in [5.74, 6) is 1.07. The van der Waals surface area contributed by atoms with Crippen LogP contribution in [0, 0.1) is 13.8 Å². The van der Waals surface area contributed by atoms with E-state index in [1.54, 1.807) is 22.9 Å². The number of ether oxygens (including phenoxy) is 1. The lowest BCUT2D eigenvalue weighted by atomic mass is 10.1. The summed E-state index contributed by atoms with van der Waals surface area (Å²) in [6.07, 6.45) is 5.91. The molecule has 5 rings (SSSR count). The third kappa shape index (κ3) is 4.37. The van der Waals surface area contributed by atoms with Crippen molar-refractivity contribution in [1.82, 2.24) is 24.3 Å². The number of aryl methyl sites for hydroxylation is 3. The van der Waals surface area contributed by atoms with E-state index in [2.05, 4.69) is 15.4 Å². The van der Waals surface area contributed by atoms with Crippen LogP contribution in [-0.4, -0.2) is 45.6 Å². The fourth-order valence-corrected chi connectivity index (χ4v) is 5.54. The van der Waals surface area contributed by atoms with Gasteiger partial charge in [-0.05, 0) is 50.8 Å². The number of hydrogen-bond acceptors (Lipinski definition) is 8. The Labute approximate surface area is 204 Å². The number of aromatic nitrogens is 5. The Bertz CT molecular complexity index is 1530. The number of hydrogen-bond donors (Lipinski definition) is 2. The molecule has 0 radical (unpaired) electrons. The summed E-state index contributed by atoms with van der Waals surface area (Å²) in [5, 5.41) is 7.74. The van der Waals surface area contributed by atoms with Crippen LogP contribution in [0.2, 0.25) is 0 Å². The van der Waals surface area contributed by atoms with Gasteiger partial charge in [0, 0.05) is 37.7 Å². The van der Waals surface area contributed by atoms with Gasteiger partial charge in [-0.1, -0.05) is 6.07 Å². The first-order valence-corrected chi connectivity index (χ1v) is 13.4. The zero-order valence-corrected chi connectivity index (χ0v) is 21.1. The zero-order valence-electron chi connectivity index (χ0n) is 20.2. The summed E-state index contributed by atoms with van der Waals surface area (Å²) in [6.45, 7) is 4.54. The van der Waals surface area contributed by atoms with Crippen molar-refractivity contribution in [2.45, 2.75) is 44.2 Å². The number of nitrogen functional groups attached to an aromatic ring is 1. The Balaban J connectivity index is 1.61. The monoisotopic (exact) mass is 495 g/mol. The quantitative estimate of drug-likeness (QED) is 0.427. The summed E-state index contributed by atoms with van der Waals surface area (Å²) >= 11 is 0. The van der Waals surface area contributed by atoms with E-state index in [1.165, 1.54) is 6.26 Å². The highest BCUT2D eigenvalue weighted by atomic mass is 32.2. The molecule has 4 heterocycles. The molecule has 11 heteroatoms. The molecule has 0 saturated carbocycles. The lowest BCUT2D eigenvalue weighted by Gasteiger charge is -2.25. The number of nitrogens with one attached hydrogen (secondary N) is 1. The maximum Gasteiger partial charge on any atom is 0.177 e. The summed E-state index contributed by atoms with van der Waals surface area (Å²) in [7, 11) is -1.73. The minimum Gasteiger partial charge on any atom is -0.384 e. The van der Waals surface area contributed by atoms with Crippen molar-refractivity contribution >= 4 is 38.2 Å². The van der Waals surface area contributed by atoms with Crippen molar-refractivity contribution in [3.8, 4) is 11.3 Å². The van der Waals surface area contributed by atoms with Crippen molar-refractivity contribution in [2.75, 3.05) is 23.9 Å². The fraction of sp³-hybridized carbons (Fsp3) is 0.375. The third-order valence-corrected chi connectivity index (χ3v) is 7.36. The molecule has 1 aliphatic heterocycles. The molecule has 0 aliphatic carbocycles. The average Bonchev–Trinajstić information content (AvgIpc) is 3.31. The van der Waals surface area contributed by atoms with Crippen LogP contribution in [0.4, 0.5) is 17.2 Å². The van der Waals surface area contributed by atoms with Crippen LogP contribution < -0.4 is 11.1 Å². The van der Waals surface area contributed by atoms with Crippen LogP contribution in [0.5, 0.6) is 0 Å². The molecule has 1 atom stereocenters. The molecule has 3 aromatic heterocycles. The van der Waals surface area contributed by atoms with Crippen LogP contribution in [0.15, 0.2) is 35.4 Å². The Morgan fingerprint density at radius 2 is 1.94 bits per heavy atom. The first-order valence-electron chi connectivity index (χ1n) is 11.5. The molecular formula is C24H29N7O3S. The average molecular weight is 496 g/mol. The van der Waals surface area contributed by atoms with Crippen molar-refractivity contribution < 1.29 is 13.2 Å². The Hall–Kier alpha value is -3.44. The predicted octanol–water partition coefficient (Wildman–Crippen LogP) is 3.88. The molecule has 35 heavy (non-hydrogen) atoms. The first kappa shape index (κ1) is 23.3. The molecule has 0 bridgehead atoms. The standard InChI is InChI=1S/C24H29N7O3S/c1-14-13-30(3)29-22(14)16-8-9-17(19(11-16)35(4,32)33)27-18-12-20(25)28-24-23(18)26-15(2)31(24)21-7-5-6-10-34-21/h8-9,11-13,21H,5-7,10H2,1-4H3,(H3,25,27,28). The number of anilines is 3. The zero-order chi connectivity index (χ0) is 24.9. The molecule has 10 nitrogen and oxygen atoms in total. The number of nitrogens with two attached hydrogens (primary N) is 1. The van der Waals surface area contributed by atoms with Gasteiger partial charge in [0.1, 0.15) is 23.4 Å². The van der Waals surface area contributed by atoms with Gasteiger partial charge in [0.05, 0.1) is 22.0 Å². The van der Waals surface area contributed by atoms with E-state index in [4.69, 9.17) is 15.5 Å². The maximum absolute atomic E-state index is 12.8. The van der Waals surface area contributed by atoms with Crippen molar-refractivity contribution in [3.63, 3.8) is 0 Å². The second-order valence-corrected chi connectivity index (χ2v) is 11.0. The minimum absolute atomic E-state index is 0.150. The van der Waals surface area contributed by atoms with Gasteiger partial charge < -0.3 is 15.8 Å². The number of imidazole rings is 1.